The molecule has 0 aliphatic rings. The van der Waals surface area contributed by atoms with Gasteiger partial charge >= 0.3 is 0 Å². The lowest BCUT2D eigenvalue weighted by molar-refractivity contribution is -0.657. The number of hydrogen-bond donors (Lipinski definition) is 0. The van der Waals surface area contributed by atoms with Crippen molar-refractivity contribution in [2.75, 3.05) is 0 Å². The Bertz CT molecular complexity index is 2300. The van der Waals surface area contributed by atoms with Crippen LogP contribution in [0.2, 0.25) is 0 Å². The highest BCUT2D eigenvalue weighted by Crippen LogP contribution is 2.33. The van der Waals surface area contributed by atoms with E-state index in [1.807, 2.05) is 79.1 Å². The number of carbonyl (C=O) groups is 1. The topological polar surface area (TPSA) is 52.2 Å². The fourth-order valence-corrected chi connectivity index (χ4v) is 6.16. The van der Waals surface area contributed by atoms with Crippen LogP contribution in [-0.2, 0) is 13.1 Å². The Balaban J connectivity index is 0.00000338. The molecular weight excluding hydrogens is 636 g/mol. The molecule has 0 unspecified atom stereocenters. The molecule has 5 aromatic carbocycles. The maximum Gasteiger partial charge on any atom is 0.245 e. The lowest BCUT2D eigenvalue weighted by atomic mass is 10.0. The lowest BCUT2D eigenvalue weighted by Crippen LogP contribution is -3.00. The van der Waals surface area contributed by atoms with Crippen LogP contribution in [0.4, 0.5) is 0 Å². The summed E-state index contributed by atoms with van der Waals surface area (Å²) in [6, 6.07) is 38.6. The van der Waals surface area contributed by atoms with Crippen LogP contribution in [0.15, 0.2) is 136 Å². The number of ketones is 1. The highest BCUT2D eigenvalue weighted by molar-refractivity contribution is 5.99. The SMILES string of the molecule is Cc1cc2c(cc1C)[n+](CC(=O)c1ccc3ccccc3c1)cn2CC=C(c1cc2ccccc2o1)c1cc2ccccc2o1.[Br-]. The van der Waals surface area contributed by atoms with Gasteiger partial charge in [-0.1, -0.05) is 72.8 Å². The molecular formula is C40H31BrN2O3. The van der Waals surface area contributed by atoms with Gasteiger partial charge in [0.2, 0.25) is 12.1 Å². The summed E-state index contributed by atoms with van der Waals surface area (Å²) in [7, 11) is 0. The minimum Gasteiger partial charge on any atom is -1.00 e. The van der Waals surface area contributed by atoms with Crippen molar-refractivity contribution in [1.82, 2.24) is 4.57 Å². The third kappa shape index (κ3) is 5.35. The summed E-state index contributed by atoms with van der Waals surface area (Å²) >= 11 is 0. The van der Waals surface area contributed by atoms with Gasteiger partial charge in [0.05, 0.1) is 5.57 Å². The molecule has 0 saturated carbocycles. The van der Waals surface area contributed by atoms with E-state index in [-0.39, 0.29) is 29.3 Å². The monoisotopic (exact) mass is 666 g/mol. The van der Waals surface area contributed by atoms with E-state index in [4.69, 9.17) is 8.83 Å². The van der Waals surface area contributed by atoms with Gasteiger partial charge in [0, 0.05) is 16.3 Å². The Morgan fingerprint density at radius 1 is 0.696 bits per heavy atom. The molecule has 8 aromatic rings. The average molecular weight is 668 g/mol. The van der Waals surface area contributed by atoms with Crippen LogP contribution < -0.4 is 21.5 Å². The Labute approximate surface area is 276 Å². The molecule has 5 nitrogen and oxygen atoms in total. The molecule has 0 aliphatic heterocycles. The normalized spacial score (nSPS) is 11.3. The molecule has 6 heteroatoms. The number of allylic oxidation sites excluding steroid dienone is 1. The highest BCUT2D eigenvalue weighted by Gasteiger charge is 2.22. The van der Waals surface area contributed by atoms with Gasteiger partial charge in [-0.05, 0) is 84.3 Å². The molecule has 0 bridgehead atoms. The number of nitrogens with zero attached hydrogens (tertiary/aromatic N) is 2. The second kappa shape index (κ2) is 12.0. The molecule has 0 aliphatic carbocycles. The van der Waals surface area contributed by atoms with Crippen LogP contribution in [-0.4, -0.2) is 10.4 Å². The van der Waals surface area contributed by atoms with Crippen LogP contribution in [0, 0.1) is 13.8 Å². The first kappa shape index (κ1) is 29.5. The predicted molar refractivity (Wildman–Crippen MR) is 179 cm³/mol. The molecule has 0 atom stereocenters. The minimum absolute atomic E-state index is 0. The minimum atomic E-state index is 0. The summed E-state index contributed by atoms with van der Waals surface area (Å²) in [5.74, 6) is 1.57. The van der Waals surface area contributed by atoms with Crippen molar-refractivity contribution in [3.05, 3.63) is 156 Å². The van der Waals surface area contributed by atoms with E-state index >= 15 is 0 Å². The van der Waals surface area contributed by atoms with Gasteiger partial charge in [0.15, 0.2) is 17.6 Å². The molecule has 46 heavy (non-hydrogen) atoms. The number of aryl methyl sites for hydroxylation is 2. The number of aromatic nitrogens is 2. The molecule has 0 fully saturated rings. The van der Waals surface area contributed by atoms with Gasteiger partial charge < -0.3 is 25.8 Å². The van der Waals surface area contributed by atoms with Crippen LogP contribution in [0.3, 0.4) is 0 Å². The molecule has 0 amide bonds. The fraction of sp³-hybridized carbons (Fsp3) is 0.100. The van der Waals surface area contributed by atoms with Crippen molar-refractivity contribution in [3.8, 4) is 0 Å². The number of imidazole rings is 1. The molecule has 3 heterocycles. The second-order valence-electron chi connectivity index (χ2n) is 11.7. The number of hydrogen-bond acceptors (Lipinski definition) is 3. The second-order valence-corrected chi connectivity index (χ2v) is 11.7. The van der Waals surface area contributed by atoms with Crippen LogP contribution in [0.5, 0.6) is 0 Å². The molecule has 8 rings (SSSR count). The molecule has 0 N–H and O–H groups in total. The largest absolute Gasteiger partial charge is 1.00 e. The summed E-state index contributed by atoms with van der Waals surface area (Å²) < 4.78 is 16.9. The standard InChI is InChI=1S/C40H31N2O3.BrH/c1-26-19-34-35(20-27(26)2)42(24-36(43)30-16-15-28-9-3-4-10-29(28)21-30)25-41(34)18-17-33(39-22-31-11-5-7-13-37(31)44-39)40-23-32-12-6-8-14-38(32)45-40;/h3-17,19-23,25H,18,24H2,1-2H3;1H/q+1;/p-1. The first-order chi connectivity index (χ1) is 22.0. The predicted octanol–water partition coefficient (Wildman–Crippen LogP) is 6.21. The zero-order valence-electron chi connectivity index (χ0n) is 25.5. The highest BCUT2D eigenvalue weighted by atomic mass is 79.9. The quantitative estimate of drug-likeness (QED) is 0.150. The van der Waals surface area contributed by atoms with Gasteiger partial charge in [-0.15, -0.1) is 0 Å². The average Bonchev–Trinajstić information content (AvgIpc) is 3.77. The Hall–Kier alpha value is -5.20. The first-order valence-corrected chi connectivity index (χ1v) is 15.2. The van der Waals surface area contributed by atoms with Crippen LogP contribution >= 0.6 is 0 Å². The summed E-state index contributed by atoms with van der Waals surface area (Å²) in [4.78, 5) is 13.6. The van der Waals surface area contributed by atoms with Crippen molar-refractivity contribution >= 4 is 55.1 Å². The molecule has 226 valence electrons. The van der Waals surface area contributed by atoms with E-state index < -0.39 is 0 Å². The first-order valence-electron chi connectivity index (χ1n) is 15.2. The summed E-state index contributed by atoms with van der Waals surface area (Å²) in [6.07, 6.45) is 4.20. The number of Topliss-reactive ketones (excluding diaryl/α,β-unsaturated/α-hetero) is 1. The zero-order valence-corrected chi connectivity index (χ0v) is 27.1. The number of halogens is 1. The Morgan fingerprint density at radius 3 is 1.93 bits per heavy atom. The third-order valence-electron chi connectivity index (χ3n) is 8.75. The third-order valence-corrected chi connectivity index (χ3v) is 8.75. The van der Waals surface area contributed by atoms with E-state index in [1.165, 1.54) is 11.1 Å². The summed E-state index contributed by atoms with van der Waals surface area (Å²) in [6.45, 7) is 5.04. The molecule has 3 aromatic heterocycles. The summed E-state index contributed by atoms with van der Waals surface area (Å²) in [5.41, 5.74) is 7.73. The summed E-state index contributed by atoms with van der Waals surface area (Å²) in [5, 5.41) is 4.27. The number of rotatable bonds is 7. The number of carbonyl (C=O) groups excluding carboxylic acids is 1. The van der Waals surface area contributed by atoms with Crippen LogP contribution in [0.1, 0.15) is 33.0 Å². The molecule has 0 radical (unpaired) electrons. The smallest absolute Gasteiger partial charge is 0.245 e. The van der Waals surface area contributed by atoms with E-state index in [0.29, 0.717) is 12.1 Å². The molecule has 0 spiro atoms. The van der Waals surface area contributed by atoms with Crippen molar-refractivity contribution in [3.63, 3.8) is 0 Å². The van der Waals surface area contributed by atoms with Crippen LogP contribution in [0.25, 0.3) is 49.3 Å². The fourth-order valence-electron chi connectivity index (χ4n) is 6.16. The number of benzene rings is 5. The van der Waals surface area contributed by atoms with Gasteiger partial charge in [0.1, 0.15) is 29.2 Å². The number of fused-ring (bicyclic) bond motifs is 4. The van der Waals surface area contributed by atoms with Gasteiger partial charge in [-0.2, -0.15) is 0 Å². The zero-order chi connectivity index (χ0) is 30.5. The van der Waals surface area contributed by atoms with E-state index in [1.54, 1.807) is 0 Å². The molecule has 0 saturated heterocycles. The van der Waals surface area contributed by atoms with E-state index in [2.05, 4.69) is 71.5 Å². The van der Waals surface area contributed by atoms with Gasteiger partial charge in [-0.25, -0.2) is 9.13 Å². The lowest BCUT2D eigenvalue weighted by Gasteiger charge is -2.03. The van der Waals surface area contributed by atoms with Crippen molar-refractivity contribution in [2.45, 2.75) is 26.9 Å². The van der Waals surface area contributed by atoms with E-state index in [9.17, 15) is 4.79 Å². The Kier molecular flexibility index (Phi) is 7.67. The van der Waals surface area contributed by atoms with Crippen molar-refractivity contribution in [1.29, 1.82) is 0 Å². The maximum absolute atomic E-state index is 13.6. The van der Waals surface area contributed by atoms with Gasteiger partial charge in [-0.3, -0.25) is 4.79 Å². The van der Waals surface area contributed by atoms with Crippen molar-refractivity contribution < 1.29 is 35.2 Å². The van der Waals surface area contributed by atoms with E-state index in [0.717, 1.165) is 60.8 Å². The Morgan fingerprint density at radius 2 is 1.28 bits per heavy atom. The van der Waals surface area contributed by atoms with Gasteiger partial charge in [0.25, 0.3) is 0 Å². The number of para-hydroxylation sites is 2. The maximum atomic E-state index is 13.6. The van der Waals surface area contributed by atoms with Crippen molar-refractivity contribution in [2.24, 2.45) is 0 Å². The number of furan rings is 2.